The fourth-order valence-electron chi connectivity index (χ4n) is 1.69. The molecule has 1 N–H and O–H groups in total. The van der Waals surface area contributed by atoms with E-state index >= 15 is 0 Å². The van der Waals surface area contributed by atoms with Crippen molar-refractivity contribution in [3.8, 4) is 0 Å². The third-order valence-electron chi connectivity index (χ3n) is 2.41. The van der Waals surface area contributed by atoms with Crippen LogP contribution in [0.5, 0.6) is 0 Å². The molecule has 0 atom stereocenters. The van der Waals surface area contributed by atoms with Gasteiger partial charge in [0.15, 0.2) is 0 Å². The molecule has 0 aliphatic rings. The number of benzene rings is 2. The van der Waals surface area contributed by atoms with Gasteiger partial charge >= 0.3 is 107 Å². The first kappa shape index (κ1) is 11.2. The molecule has 0 heterocycles. The molecule has 0 unspecified atom stereocenters. The second kappa shape index (κ2) is 4.69. The molecule has 0 aliphatic carbocycles. The van der Waals surface area contributed by atoms with Crippen LogP contribution in [-0.4, -0.2) is 39.1 Å². The summed E-state index contributed by atoms with van der Waals surface area (Å²) in [6.45, 7) is 0.895. The Bertz CT molecular complexity index is 494. The van der Waals surface area contributed by atoms with Crippen molar-refractivity contribution in [3.05, 3.63) is 35.9 Å². The van der Waals surface area contributed by atoms with Gasteiger partial charge in [-0.05, 0) is 0 Å². The van der Waals surface area contributed by atoms with E-state index in [9.17, 15) is 0 Å². The van der Waals surface area contributed by atoms with Crippen molar-refractivity contribution in [2.24, 2.45) is 0 Å². The van der Waals surface area contributed by atoms with E-state index in [1.165, 1.54) is 25.3 Å². The minimum absolute atomic E-state index is 0.895. The summed E-state index contributed by atoms with van der Waals surface area (Å²) in [5.41, 5.74) is 1.31. The van der Waals surface area contributed by atoms with Crippen LogP contribution in [0.15, 0.2) is 30.3 Å². The predicted octanol–water partition coefficient (Wildman–Crippen LogP) is 0.147. The predicted molar refractivity (Wildman–Crippen MR) is 67.5 cm³/mol. The van der Waals surface area contributed by atoms with Crippen molar-refractivity contribution in [1.82, 2.24) is 5.32 Å². The van der Waals surface area contributed by atoms with Crippen LogP contribution < -0.4 is 14.2 Å². The summed E-state index contributed by atoms with van der Waals surface area (Å²) in [5, 5.41) is 5.75. The van der Waals surface area contributed by atoms with Gasteiger partial charge in [0.2, 0.25) is 0 Å². The third kappa shape index (κ3) is 2.13. The molecule has 2 aromatic carbocycles. The standard InChI is InChI=1S/C12H11NSe2/c1-13-7-9-6-5-8-3-2-4-10(14)11(8)12(9)15/h2-6,13H,7H2,1H3. The van der Waals surface area contributed by atoms with Gasteiger partial charge in [-0.2, -0.15) is 0 Å². The average molecular weight is 327 g/mol. The molecular weight excluding hydrogens is 316 g/mol. The number of hydrogen-bond donors (Lipinski definition) is 1. The topological polar surface area (TPSA) is 12.0 Å². The van der Waals surface area contributed by atoms with E-state index in [1.807, 2.05) is 7.05 Å². The summed E-state index contributed by atoms with van der Waals surface area (Å²) in [6.07, 6.45) is 0. The van der Waals surface area contributed by atoms with Crippen LogP contribution in [0.1, 0.15) is 5.56 Å². The molecule has 1 nitrogen and oxygen atoms in total. The first-order valence-electron chi connectivity index (χ1n) is 4.77. The van der Waals surface area contributed by atoms with Gasteiger partial charge in [0.05, 0.1) is 0 Å². The molecule has 15 heavy (non-hydrogen) atoms. The summed E-state index contributed by atoms with van der Waals surface area (Å²) in [4.78, 5) is 0. The second-order valence-electron chi connectivity index (χ2n) is 3.44. The molecule has 0 saturated carbocycles. The van der Waals surface area contributed by atoms with Crippen LogP contribution in [0.4, 0.5) is 0 Å². The first-order chi connectivity index (χ1) is 7.24. The zero-order valence-electron chi connectivity index (χ0n) is 8.41. The van der Waals surface area contributed by atoms with E-state index < -0.39 is 0 Å². The van der Waals surface area contributed by atoms with Crippen molar-refractivity contribution in [3.63, 3.8) is 0 Å². The van der Waals surface area contributed by atoms with E-state index in [2.05, 4.69) is 67.7 Å². The van der Waals surface area contributed by atoms with Crippen molar-refractivity contribution in [2.45, 2.75) is 6.54 Å². The van der Waals surface area contributed by atoms with Gasteiger partial charge in [-0.3, -0.25) is 0 Å². The number of fused-ring (bicyclic) bond motifs is 1. The number of hydrogen-bond acceptors (Lipinski definition) is 1. The van der Waals surface area contributed by atoms with E-state index in [0.29, 0.717) is 0 Å². The Labute approximate surface area is 106 Å². The summed E-state index contributed by atoms with van der Waals surface area (Å²) in [7, 11) is 1.97. The minimum atomic E-state index is 0.895. The molecular formula is C12H11NSe2. The van der Waals surface area contributed by atoms with Crippen molar-refractivity contribution in [1.29, 1.82) is 0 Å². The van der Waals surface area contributed by atoms with Crippen LogP contribution in [0.25, 0.3) is 10.8 Å². The summed E-state index contributed by atoms with van der Waals surface area (Å²) >= 11 is 6.29. The summed E-state index contributed by atoms with van der Waals surface area (Å²) in [6, 6.07) is 10.7. The molecule has 0 spiro atoms. The Balaban J connectivity index is 2.71. The molecule has 76 valence electrons. The molecule has 0 fully saturated rings. The van der Waals surface area contributed by atoms with Gasteiger partial charge in [-0.1, -0.05) is 0 Å². The zero-order valence-corrected chi connectivity index (χ0v) is 11.8. The SMILES string of the molecule is CNCc1ccc2cccc([Se])c2c1[Se]. The van der Waals surface area contributed by atoms with Gasteiger partial charge in [0.1, 0.15) is 0 Å². The molecule has 2 rings (SSSR count). The van der Waals surface area contributed by atoms with Gasteiger partial charge in [-0.25, -0.2) is 0 Å². The Hall–Kier alpha value is -0.301. The van der Waals surface area contributed by atoms with Crippen LogP contribution >= 0.6 is 0 Å². The van der Waals surface area contributed by atoms with Gasteiger partial charge in [0.25, 0.3) is 0 Å². The molecule has 0 amide bonds. The molecule has 0 aromatic heterocycles. The second-order valence-corrected chi connectivity index (χ2v) is 5.22. The van der Waals surface area contributed by atoms with Crippen LogP contribution in [0.2, 0.25) is 0 Å². The molecule has 2 radical (unpaired) electrons. The van der Waals surface area contributed by atoms with Gasteiger partial charge in [0, 0.05) is 0 Å². The van der Waals surface area contributed by atoms with Crippen molar-refractivity contribution < 1.29 is 0 Å². The third-order valence-corrected chi connectivity index (χ3v) is 4.10. The average Bonchev–Trinajstić information content (AvgIpc) is 2.22. The number of rotatable bonds is 2. The van der Waals surface area contributed by atoms with Crippen molar-refractivity contribution in [2.75, 3.05) is 7.05 Å². The zero-order chi connectivity index (χ0) is 10.8. The van der Waals surface area contributed by atoms with E-state index in [4.69, 9.17) is 0 Å². The quantitative estimate of drug-likeness (QED) is 0.775. The van der Waals surface area contributed by atoms with Gasteiger partial charge < -0.3 is 0 Å². The van der Waals surface area contributed by atoms with Crippen molar-refractivity contribution >= 4 is 51.7 Å². The fraction of sp³-hybridized carbons (Fsp3) is 0.167. The van der Waals surface area contributed by atoms with E-state index in [-0.39, 0.29) is 0 Å². The maximum absolute atomic E-state index is 3.18. The number of nitrogens with one attached hydrogen (secondary N) is 1. The summed E-state index contributed by atoms with van der Waals surface area (Å²) in [5.74, 6) is 0. The first-order valence-corrected chi connectivity index (χ1v) is 6.48. The molecule has 0 bridgehead atoms. The Morgan fingerprint density at radius 3 is 2.67 bits per heavy atom. The Morgan fingerprint density at radius 2 is 1.93 bits per heavy atom. The fourth-order valence-corrected chi connectivity index (χ4v) is 3.41. The molecule has 0 saturated heterocycles. The monoisotopic (exact) mass is 329 g/mol. The maximum atomic E-state index is 3.18. The van der Waals surface area contributed by atoms with Crippen LogP contribution in [0.3, 0.4) is 0 Å². The summed E-state index contributed by atoms with van der Waals surface area (Å²) < 4.78 is 2.45. The van der Waals surface area contributed by atoms with Gasteiger partial charge in [-0.15, -0.1) is 0 Å². The molecule has 3 heteroatoms. The molecule has 2 aromatic rings. The molecule has 0 aliphatic heterocycles. The Morgan fingerprint density at radius 1 is 1.13 bits per heavy atom. The van der Waals surface area contributed by atoms with Crippen LogP contribution in [-0.2, 0) is 6.54 Å². The van der Waals surface area contributed by atoms with E-state index in [0.717, 1.165) is 6.54 Å². The van der Waals surface area contributed by atoms with E-state index in [1.54, 1.807) is 0 Å². The Kier molecular flexibility index (Phi) is 3.50. The van der Waals surface area contributed by atoms with Crippen LogP contribution in [0, 0.1) is 0 Å². The normalized spacial score (nSPS) is 10.7.